The molecule has 1 aromatic heterocycles. The summed E-state index contributed by atoms with van der Waals surface area (Å²) in [4.78, 5) is 25.7. The van der Waals surface area contributed by atoms with E-state index >= 15 is 0 Å². The standard InChI is InChI=1S/C32H43N3O9/c1-17-7-9-22-18(2)29(41-30-32(22)21(17)11-12-31(3,42-30)43-44-32)40-28(36)20-8-10-24-23(15-20)33-34-35(24)16-19-13-25(37-4)27(39-6)26(14-19)38-5/h13-14,17-18,20-22,29-30H,7-12,15-16H2,1-6H3/t17-,18-,20?,21+,22+,29-,30-,31-,32-/m1/s1. The molecule has 240 valence electrons. The largest absolute Gasteiger partial charge is 0.493 e. The van der Waals surface area contributed by atoms with Gasteiger partial charge in [0.25, 0.3) is 0 Å². The molecule has 44 heavy (non-hydrogen) atoms. The number of benzene rings is 1. The summed E-state index contributed by atoms with van der Waals surface area (Å²) in [6.07, 6.45) is 4.11. The average molecular weight is 614 g/mol. The highest BCUT2D eigenvalue weighted by Crippen LogP contribution is 2.60. The third-order valence-electron chi connectivity index (χ3n) is 10.8. The highest BCUT2D eigenvalue weighted by atomic mass is 17.3. The maximum atomic E-state index is 13.6. The number of carbonyl (C=O) groups excluding carboxylic acids is 1. The van der Waals surface area contributed by atoms with E-state index in [9.17, 15) is 4.79 Å². The Morgan fingerprint density at radius 3 is 2.52 bits per heavy atom. The molecule has 1 unspecified atom stereocenters. The fraction of sp³-hybridized carbons (Fsp3) is 0.719. The summed E-state index contributed by atoms with van der Waals surface area (Å²) in [6.45, 7) is 6.76. The van der Waals surface area contributed by atoms with Gasteiger partial charge in [-0.3, -0.25) is 4.79 Å². The number of carbonyl (C=O) groups is 1. The van der Waals surface area contributed by atoms with Gasteiger partial charge >= 0.3 is 5.97 Å². The highest BCUT2D eigenvalue weighted by Gasteiger charge is 2.69. The predicted octanol–water partition coefficient (Wildman–Crippen LogP) is 4.21. The fourth-order valence-electron chi connectivity index (χ4n) is 8.39. The summed E-state index contributed by atoms with van der Waals surface area (Å²) < 4.78 is 37.4. The summed E-state index contributed by atoms with van der Waals surface area (Å²) in [5.74, 6) is 0.972. The van der Waals surface area contributed by atoms with E-state index in [1.54, 1.807) is 21.3 Å². The van der Waals surface area contributed by atoms with Crippen molar-refractivity contribution in [1.29, 1.82) is 0 Å². The van der Waals surface area contributed by atoms with E-state index in [0.717, 1.165) is 42.6 Å². The van der Waals surface area contributed by atoms with Gasteiger partial charge < -0.3 is 28.4 Å². The summed E-state index contributed by atoms with van der Waals surface area (Å²) in [5, 5.41) is 8.87. The zero-order valence-corrected chi connectivity index (χ0v) is 26.4. The minimum absolute atomic E-state index is 0.0710. The SMILES string of the molecule is COc1cc(Cn2nnc3c2CCC(C(=O)O[C@@H]2O[C@@H]4O[C@@]5(C)CC[C@H]6[C@H](C)CC[C@@H]([C@H]2C)[C@@]46OO5)C3)cc(OC)c1OC. The quantitative estimate of drug-likeness (QED) is 0.330. The fourth-order valence-corrected chi connectivity index (χ4v) is 8.39. The van der Waals surface area contributed by atoms with Crippen molar-refractivity contribution in [1.82, 2.24) is 15.0 Å². The molecule has 6 aliphatic rings. The monoisotopic (exact) mass is 613 g/mol. The maximum Gasteiger partial charge on any atom is 0.311 e. The van der Waals surface area contributed by atoms with Gasteiger partial charge in [0.2, 0.25) is 17.8 Å². The first-order valence-corrected chi connectivity index (χ1v) is 15.8. The number of hydrogen-bond acceptors (Lipinski definition) is 11. The van der Waals surface area contributed by atoms with Crippen LogP contribution >= 0.6 is 0 Å². The number of ether oxygens (including phenoxy) is 6. The van der Waals surface area contributed by atoms with Crippen LogP contribution in [-0.2, 0) is 48.2 Å². The van der Waals surface area contributed by atoms with Crippen LogP contribution in [0.4, 0.5) is 0 Å². The van der Waals surface area contributed by atoms with Crippen molar-refractivity contribution in [2.24, 2.45) is 29.6 Å². The Morgan fingerprint density at radius 1 is 1.02 bits per heavy atom. The van der Waals surface area contributed by atoms with Crippen LogP contribution in [0.15, 0.2) is 12.1 Å². The zero-order valence-electron chi connectivity index (χ0n) is 26.4. The third-order valence-corrected chi connectivity index (χ3v) is 10.8. The molecule has 0 radical (unpaired) electrons. The molecule has 1 saturated carbocycles. The first-order valence-electron chi connectivity index (χ1n) is 15.8. The number of methoxy groups -OCH3 is 3. The first kappa shape index (κ1) is 29.8. The Balaban J connectivity index is 1.05. The number of esters is 1. The van der Waals surface area contributed by atoms with Gasteiger partial charge in [-0.1, -0.05) is 19.1 Å². The highest BCUT2D eigenvalue weighted by molar-refractivity contribution is 5.73. The van der Waals surface area contributed by atoms with E-state index in [4.69, 9.17) is 38.2 Å². The Hall–Kier alpha value is -2.93. The summed E-state index contributed by atoms with van der Waals surface area (Å²) in [5.41, 5.74) is 2.08. The second-order valence-electron chi connectivity index (χ2n) is 13.3. The molecule has 4 saturated heterocycles. The molecule has 1 aromatic carbocycles. The molecular weight excluding hydrogens is 570 g/mol. The lowest BCUT2D eigenvalue weighted by Gasteiger charge is -2.60. The first-order chi connectivity index (χ1) is 21.2. The molecule has 12 nitrogen and oxygen atoms in total. The molecule has 12 heteroatoms. The van der Waals surface area contributed by atoms with E-state index in [0.29, 0.717) is 49.0 Å². The van der Waals surface area contributed by atoms with Crippen LogP contribution in [0.2, 0.25) is 0 Å². The number of fused-ring (bicyclic) bond motifs is 3. The van der Waals surface area contributed by atoms with Gasteiger partial charge in [-0.05, 0) is 68.6 Å². The number of nitrogens with zero attached hydrogens (tertiary/aromatic N) is 3. The topological polar surface area (TPSA) is 122 Å². The Bertz CT molecular complexity index is 1390. The lowest BCUT2D eigenvalue weighted by molar-refractivity contribution is -0.576. The van der Waals surface area contributed by atoms with Crippen LogP contribution in [0.3, 0.4) is 0 Å². The van der Waals surface area contributed by atoms with E-state index in [1.165, 1.54) is 0 Å². The van der Waals surface area contributed by atoms with Crippen molar-refractivity contribution in [2.75, 3.05) is 21.3 Å². The second-order valence-corrected chi connectivity index (χ2v) is 13.3. The second kappa shape index (κ2) is 11.1. The zero-order chi connectivity index (χ0) is 30.8. The van der Waals surface area contributed by atoms with Crippen molar-refractivity contribution in [2.45, 2.75) is 96.2 Å². The molecule has 0 N–H and O–H groups in total. The molecule has 5 heterocycles. The Kier molecular flexibility index (Phi) is 7.54. The molecule has 9 atom stereocenters. The van der Waals surface area contributed by atoms with Crippen molar-refractivity contribution in [3.8, 4) is 17.2 Å². The van der Waals surface area contributed by atoms with Gasteiger partial charge in [-0.15, -0.1) is 5.10 Å². The van der Waals surface area contributed by atoms with Crippen molar-refractivity contribution in [3.63, 3.8) is 0 Å². The van der Waals surface area contributed by atoms with Gasteiger partial charge in [0, 0.05) is 24.7 Å². The van der Waals surface area contributed by atoms with E-state index in [-0.39, 0.29) is 29.6 Å². The summed E-state index contributed by atoms with van der Waals surface area (Å²) in [6, 6.07) is 3.81. The van der Waals surface area contributed by atoms with Crippen LogP contribution in [0.25, 0.3) is 0 Å². The molecule has 8 rings (SSSR count). The Labute approximate surface area is 257 Å². The molecule has 4 aliphatic heterocycles. The lowest BCUT2D eigenvalue weighted by atomic mass is 9.58. The van der Waals surface area contributed by atoms with Crippen LogP contribution in [0.1, 0.15) is 69.8 Å². The van der Waals surface area contributed by atoms with E-state index in [2.05, 4.69) is 24.2 Å². The smallest absolute Gasteiger partial charge is 0.311 e. The third kappa shape index (κ3) is 4.67. The van der Waals surface area contributed by atoms with Crippen LogP contribution in [-0.4, -0.2) is 66.3 Å². The summed E-state index contributed by atoms with van der Waals surface area (Å²) >= 11 is 0. The number of hydrogen-bond donors (Lipinski definition) is 0. The molecule has 0 amide bonds. The van der Waals surface area contributed by atoms with Gasteiger partial charge in [0.15, 0.2) is 23.4 Å². The number of rotatable bonds is 7. The van der Waals surface area contributed by atoms with Crippen molar-refractivity contribution < 1.29 is 43.0 Å². The molecule has 1 spiro atoms. The number of aromatic nitrogens is 3. The Morgan fingerprint density at radius 2 is 1.80 bits per heavy atom. The van der Waals surface area contributed by atoms with Crippen molar-refractivity contribution >= 4 is 5.97 Å². The molecule has 5 fully saturated rings. The van der Waals surface area contributed by atoms with Crippen LogP contribution in [0, 0.1) is 29.6 Å². The predicted molar refractivity (Wildman–Crippen MR) is 154 cm³/mol. The molecule has 2 aromatic rings. The lowest BCUT2D eigenvalue weighted by Crippen LogP contribution is -2.70. The minimum Gasteiger partial charge on any atom is -0.493 e. The van der Waals surface area contributed by atoms with Gasteiger partial charge in [-0.25, -0.2) is 14.5 Å². The molecule has 2 aliphatic carbocycles. The molecular formula is C32H43N3O9. The maximum absolute atomic E-state index is 13.6. The van der Waals surface area contributed by atoms with Crippen LogP contribution < -0.4 is 14.2 Å². The van der Waals surface area contributed by atoms with Gasteiger partial charge in [0.05, 0.1) is 45.2 Å². The normalized spacial score (nSPS) is 37.4. The van der Waals surface area contributed by atoms with Crippen LogP contribution in [0.5, 0.6) is 17.2 Å². The van der Waals surface area contributed by atoms with E-state index < -0.39 is 24.0 Å². The minimum atomic E-state index is -0.875. The van der Waals surface area contributed by atoms with Gasteiger partial charge in [0.1, 0.15) is 0 Å². The molecule has 2 bridgehead atoms. The van der Waals surface area contributed by atoms with Crippen molar-refractivity contribution in [3.05, 3.63) is 29.1 Å². The van der Waals surface area contributed by atoms with E-state index in [1.807, 2.05) is 23.7 Å². The average Bonchev–Trinajstić information content (AvgIpc) is 3.28. The van der Waals surface area contributed by atoms with Gasteiger partial charge in [-0.2, -0.15) is 0 Å². The summed E-state index contributed by atoms with van der Waals surface area (Å²) in [7, 11) is 4.77.